The van der Waals surface area contributed by atoms with Gasteiger partial charge in [-0.05, 0) is 30.3 Å². The molecule has 6 nitrogen and oxygen atoms in total. The van der Waals surface area contributed by atoms with Crippen molar-refractivity contribution in [1.29, 1.82) is 0 Å². The fraction of sp³-hybridized carbons (Fsp3) is 0.350. The average molecular weight is 401 g/mol. The summed E-state index contributed by atoms with van der Waals surface area (Å²) in [5.74, 6) is 0.432. The maximum atomic E-state index is 13.0. The summed E-state index contributed by atoms with van der Waals surface area (Å²) in [4.78, 5) is 34.9. The van der Waals surface area contributed by atoms with Gasteiger partial charge < -0.3 is 9.80 Å². The summed E-state index contributed by atoms with van der Waals surface area (Å²) in [7, 11) is 0. The molecule has 2 saturated heterocycles. The smallest absolute Gasteiger partial charge is 0.324 e. The molecule has 1 aromatic carbocycles. The Morgan fingerprint density at radius 1 is 1.14 bits per heavy atom. The van der Waals surface area contributed by atoms with E-state index in [-0.39, 0.29) is 23.0 Å². The number of ketones is 1. The van der Waals surface area contributed by atoms with Crippen LogP contribution in [0.15, 0.2) is 36.5 Å². The lowest BCUT2D eigenvalue weighted by Gasteiger charge is -2.60. The second-order valence-corrected chi connectivity index (χ2v) is 8.25. The number of amides is 2. The third-order valence-corrected chi connectivity index (χ3v) is 5.99. The molecule has 3 aliphatic heterocycles. The van der Waals surface area contributed by atoms with Crippen molar-refractivity contribution in [3.8, 4) is 0 Å². The summed E-state index contributed by atoms with van der Waals surface area (Å²) in [6.45, 7) is 3.36. The number of rotatable bonds is 1. The van der Waals surface area contributed by atoms with E-state index in [0.29, 0.717) is 42.3 Å². The van der Waals surface area contributed by atoms with Gasteiger partial charge >= 0.3 is 6.03 Å². The first-order valence-electron chi connectivity index (χ1n) is 9.20. The first-order chi connectivity index (χ1) is 13.4. The number of aromatic nitrogens is 1. The van der Waals surface area contributed by atoms with E-state index in [4.69, 9.17) is 11.6 Å². The molecular weight excluding hydrogens is 383 g/mol. The number of hydrogen-bond donors (Lipinski definition) is 0. The fourth-order valence-corrected chi connectivity index (χ4v) is 4.56. The molecule has 8 heteroatoms. The maximum Gasteiger partial charge on any atom is 0.324 e. The molecule has 144 valence electrons. The molecule has 0 unspecified atom stereocenters. The number of carbonyl (C=O) groups excluding carboxylic acids is 2. The number of Topliss-reactive ketones (excluding diaryl/α,β-unsaturated/α-hetero) is 1. The molecule has 0 bridgehead atoms. The van der Waals surface area contributed by atoms with Crippen molar-refractivity contribution in [3.63, 3.8) is 0 Å². The molecule has 28 heavy (non-hydrogen) atoms. The summed E-state index contributed by atoms with van der Waals surface area (Å²) in [5.41, 5.74) is 1.23. The number of urea groups is 1. The molecule has 2 aromatic rings. The SMILES string of the molecule is O=C1CCN(C(=O)N2CC3(C2)CN(c2ccc(F)cn2)C3)c2ccc(Cl)cc21. The number of carbonyl (C=O) groups is 2. The number of anilines is 2. The summed E-state index contributed by atoms with van der Waals surface area (Å²) in [5, 5.41) is 0.494. The van der Waals surface area contributed by atoms with Crippen molar-refractivity contribution in [2.24, 2.45) is 5.41 Å². The van der Waals surface area contributed by atoms with Crippen molar-refractivity contribution in [3.05, 3.63) is 52.9 Å². The normalized spacial score (nSPS) is 19.9. The number of fused-ring (bicyclic) bond motifs is 1. The van der Waals surface area contributed by atoms with E-state index in [1.165, 1.54) is 12.3 Å². The van der Waals surface area contributed by atoms with Gasteiger partial charge in [0.1, 0.15) is 11.6 Å². The van der Waals surface area contributed by atoms with Gasteiger partial charge in [-0.3, -0.25) is 9.69 Å². The topological polar surface area (TPSA) is 56.8 Å². The molecule has 0 saturated carbocycles. The van der Waals surface area contributed by atoms with E-state index in [2.05, 4.69) is 9.88 Å². The largest absolute Gasteiger partial charge is 0.355 e. The number of hydrogen-bond acceptors (Lipinski definition) is 4. The molecule has 2 amide bonds. The van der Waals surface area contributed by atoms with E-state index in [9.17, 15) is 14.0 Å². The number of likely N-dealkylation sites (tertiary alicyclic amines) is 1. The van der Waals surface area contributed by atoms with Crippen molar-refractivity contribution in [2.75, 3.05) is 42.5 Å². The van der Waals surface area contributed by atoms with Crippen LogP contribution in [-0.2, 0) is 0 Å². The average Bonchev–Trinajstić information content (AvgIpc) is 2.61. The van der Waals surface area contributed by atoms with Crippen LogP contribution in [0.3, 0.4) is 0 Å². The Balaban J connectivity index is 1.24. The molecule has 1 aromatic heterocycles. The van der Waals surface area contributed by atoms with Crippen molar-refractivity contribution >= 4 is 34.9 Å². The quantitative estimate of drug-likeness (QED) is 0.737. The standard InChI is InChI=1S/C20H18ClFN4O2/c21-13-1-3-16-15(7-13)17(27)5-6-26(16)19(28)25-11-20(12-25)9-24(10-20)18-4-2-14(22)8-23-18/h1-4,7-8H,5-6,9-12H2. The number of halogens is 2. The van der Waals surface area contributed by atoms with Gasteiger partial charge in [0.25, 0.3) is 0 Å². The molecule has 0 aliphatic carbocycles. The van der Waals surface area contributed by atoms with Crippen LogP contribution in [0, 0.1) is 11.2 Å². The molecule has 4 heterocycles. The summed E-state index contributed by atoms with van der Waals surface area (Å²) in [6.07, 6.45) is 1.53. The Bertz CT molecular complexity index is 967. The predicted molar refractivity (Wildman–Crippen MR) is 104 cm³/mol. The Morgan fingerprint density at radius 2 is 1.93 bits per heavy atom. The Labute approximate surface area is 166 Å². The van der Waals surface area contributed by atoms with E-state index < -0.39 is 0 Å². The molecule has 3 aliphatic rings. The van der Waals surface area contributed by atoms with Crippen molar-refractivity contribution in [2.45, 2.75) is 6.42 Å². The van der Waals surface area contributed by atoms with E-state index >= 15 is 0 Å². The summed E-state index contributed by atoms with van der Waals surface area (Å²) < 4.78 is 13.0. The monoisotopic (exact) mass is 400 g/mol. The molecule has 1 spiro atoms. The molecule has 0 N–H and O–H groups in total. The third-order valence-electron chi connectivity index (χ3n) is 5.75. The highest BCUT2D eigenvalue weighted by atomic mass is 35.5. The van der Waals surface area contributed by atoms with Crippen molar-refractivity contribution in [1.82, 2.24) is 9.88 Å². The highest BCUT2D eigenvalue weighted by molar-refractivity contribution is 6.31. The van der Waals surface area contributed by atoms with Crippen molar-refractivity contribution < 1.29 is 14.0 Å². The Kier molecular flexibility index (Phi) is 3.84. The van der Waals surface area contributed by atoms with Gasteiger partial charge in [0.15, 0.2) is 5.78 Å². The number of nitrogens with zero attached hydrogens (tertiary/aromatic N) is 4. The van der Waals surface area contributed by atoms with Gasteiger partial charge in [0.2, 0.25) is 0 Å². The minimum Gasteiger partial charge on any atom is -0.355 e. The van der Waals surface area contributed by atoms with Crippen LogP contribution in [0.1, 0.15) is 16.8 Å². The van der Waals surface area contributed by atoms with Crippen LogP contribution in [0.5, 0.6) is 0 Å². The second kappa shape index (κ2) is 6.17. The Morgan fingerprint density at radius 3 is 2.64 bits per heavy atom. The van der Waals surface area contributed by atoms with Gasteiger partial charge in [-0.2, -0.15) is 0 Å². The zero-order valence-corrected chi connectivity index (χ0v) is 15.8. The van der Waals surface area contributed by atoms with Gasteiger partial charge in [-0.1, -0.05) is 11.6 Å². The van der Waals surface area contributed by atoms with Crippen LogP contribution in [-0.4, -0.2) is 54.4 Å². The fourth-order valence-electron chi connectivity index (χ4n) is 4.38. The summed E-state index contributed by atoms with van der Waals surface area (Å²) in [6, 6.07) is 8.10. The van der Waals surface area contributed by atoms with E-state index in [1.54, 1.807) is 29.2 Å². The van der Waals surface area contributed by atoms with E-state index in [0.717, 1.165) is 18.9 Å². The van der Waals surface area contributed by atoms with Crippen LogP contribution in [0.4, 0.5) is 20.7 Å². The van der Waals surface area contributed by atoms with Crippen LogP contribution >= 0.6 is 11.6 Å². The van der Waals surface area contributed by atoms with Gasteiger partial charge in [-0.15, -0.1) is 0 Å². The second-order valence-electron chi connectivity index (χ2n) is 7.82. The zero-order chi connectivity index (χ0) is 19.5. The van der Waals surface area contributed by atoms with Gasteiger partial charge in [0.05, 0.1) is 11.9 Å². The van der Waals surface area contributed by atoms with Crippen LogP contribution in [0.2, 0.25) is 5.02 Å². The lowest BCUT2D eigenvalue weighted by molar-refractivity contribution is 0.00959. The minimum absolute atomic E-state index is 0.0167. The van der Waals surface area contributed by atoms with Gasteiger partial charge in [0, 0.05) is 55.1 Å². The highest BCUT2D eigenvalue weighted by Gasteiger charge is 2.54. The number of pyridine rings is 1. The van der Waals surface area contributed by atoms with Crippen LogP contribution in [0.25, 0.3) is 0 Å². The molecule has 0 radical (unpaired) electrons. The Hall–Kier alpha value is -2.67. The maximum absolute atomic E-state index is 13.0. The molecule has 2 fully saturated rings. The van der Waals surface area contributed by atoms with Gasteiger partial charge in [-0.25, -0.2) is 14.2 Å². The zero-order valence-electron chi connectivity index (χ0n) is 15.1. The molecule has 5 rings (SSSR count). The molecule has 0 atom stereocenters. The third kappa shape index (κ3) is 2.73. The first-order valence-corrected chi connectivity index (χ1v) is 9.58. The first kappa shape index (κ1) is 17.4. The predicted octanol–water partition coefficient (Wildman–Crippen LogP) is 3.21. The minimum atomic E-state index is -0.346. The molecular formula is C20H18ClFN4O2. The summed E-state index contributed by atoms with van der Waals surface area (Å²) >= 11 is 6.01. The highest BCUT2D eigenvalue weighted by Crippen LogP contribution is 2.42. The lowest BCUT2D eigenvalue weighted by atomic mass is 9.73. The number of benzene rings is 1. The lowest BCUT2D eigenvalue weighted by Crippen LogP contribution is -2.74. The van der Waals surface area contributed by atoms with E-state index in [1.807, 2.05) is 4.90 Å². The van der Waals surface area contributed by atoms with Crippen LogP contribution < -0.4 is 9.80 Å².